The summed E-state index contributed by atoms with van der Waals surface area (Å²) in [7, 11) is 0. The van der Waals surface area contributed by atoms with Crippen LogP contribution in [0.15, 0.2) is 52.0 Å². The summed E-state index contributed by atoms with van der Waals surface area (Å²) in [6, 6.07) is 11.6. The molecule has 1 aromatic carbocycles. The molecule has 2 atom stereocenters. The Morgan fingerprint density at radius 1 is 1.32 bits per heavy atom. The van der Waals surface area contributed by atoms with Crippen molar-refractivity contribution in [2.75, 3.05) is 11.9 Å². The molecule has 0 radical (unpaired) electrons. The van der Waals surface area contributed by atoms with Crippen LogP contribution in [0.25, 0.3) is 11.0 Å². The normalized spacial score (nSPS) is 20.0. The molecule has 1 saturated carbocycles. The minimum absolute atomic E-state index is 0.276. The molecule has 0 bridgehead atoms. The van der Waals surface area contributed by atoms with Crippen LogP contribution in [-0.2, 0) is 4.18 Å². The molecule has 1 fully saturated rings. The number of aliphatic imine (C=N–C) groups is 1. The molecule has 8 nitrogen and oxygen atoms in total. The summed E-state index contributed by atoms with van der Waals surface area (Å²) in [5, 5.41) is 9.67. The molecule has 2 unspecified atom stereocenters. The van der Waals surface area contributed by atoms with Gasteiger partial charge >= 0.3 is 0 Å². The Hall–Kier alpha value is -2.62. The Kier molecular flexibility index (Phi) is 5.75. The monoisotopic (exact) mass is 398 g/mol. The van der Waals surface area contributed by atoms with E-state index in [0.29, 0.717) is 36.1 Å². The highest BCUT2D eigenvalue weighted by atomic mass is 32.2. The lowest BCUT2D eigenvalue weighted by molar-refractivity contribution is 0.290. The zero-order chi connectivity index (χ0) is 19.3. The van der Waals surface area contributed by atoms with Gasteiger partial charge in [0.2, 0.25) is 5.95 Å². The lowest BCUT2D eigenvalue weighted by Gasteiger charge is -2.13. The Bertz CT molecular complexity index is 943. The second kappa shape index (κ2) is 8.59. The van der Waals surface area contributed by atoms with Gasteiger partial charge in [-0.3, -0.25) is 5.14 Å². The zero-order valence-corrected chi connectivity index (χ0v) is 16.1. The highest BCUT2D eigenvalue weighted by molar-refractivity contribution is 7.92. The number of nitrogens with two attached hydrogens (primary N) is 2. The van der Waals surface area contributed by atoms with Crippen LogP contribution in [0.5, 0.6) is 0 Å². The number of furan rings is 1. The molecule has 146 valence electrons. The van der Waals surface area contributed by atoms with Crippen LogP contribution in [0.3, 0.4) is 0 Å². The lowest BCUT2D eigenvalue weighted by atomic mass is 10.1. The van der Waals surface area contributed by atoms with Gasteiger partial charge in [0, 0.05) is 23.7 Å². The first kappa shape index (κ1) is 18.7. The fraction of sp³-hybridized carbons (Fsp3) is 0.316. The standard InChI is InChI=1S/C19H22N6O2S/c20-18(16-10-13-3-1-2-4-15(13)27-16)24-17-7-8-22-19(25-17)23-14-6-5-12(9-14)11-26-28-21/h1-4,7-8,10,12,14H,5-6,9,11,21H2,(H3,20,22,23,24,25). The summed E-state index contributed by atoms with van der Waals surface area (Å²) in [4.78, 5) is 13.1. The number of aromatic nitrogens is 2. The smallest absolute Gasteiger partial charge is 0.224 e. The Morgan fingerprint density at radius 2 is 2.21 bits per heavy atom. The number of rotatable bonds is 7. The molecule has 0 aliphatic heterocycles. The van der Waals surface area contributed by atoms with Crippen LogP contribution in [0.1, 0.15) is 25.0 Å². The van der Waals surface area contributed by atoms with Crippen molar-refractivity contribution in [3.63, 3.8) is 0 Å². The Labute approximate surface area is 167 Å². The van der Waals surface area contributed by atoms with Crippen molar-refractivity contribution in [1.29, 1.82) is 0 Å². The van der Waals surface area contributed by atoms with Crippen molar-refractivity contribution in [3.05, 3.63) is 48.4 Å². The van der Waals surface area contributed by atoms with Gasteiger partial charge in [0.1, 0.15) is 5.58 Å². The van der Waals surface area contributed by atoms with Crippen LogP contribution in [0.4, 0.5) is 11.8 Å². The molecule has 9 heteroatoms. The van der Waals surface area contributed by atoms with Crippen molar-refractivity contribution in [1.82, 2.24) is 9.97 Å². The lowest BCUT2D eigenvalue weighted by Crippen LogP contribution is -2.18. The third kappa shape index (κ3) is 4.44. The fourth-order valence-electron chi connectivity index (χ4n) is 3.44. The van der Waals surface area contributed by atoms with E-state index in [9.17, 15) is 0 Å². The van der Waals surface area contributed by atoms with Crippen LogP contribution >= 0.6 is 12.2 Å². The minimum atomic E-state index is 0.276. The largest absolute Gasteiger partial charge is 0.453 e. The molecule has 0 saturated heterocycles. The van der Waals surface area contributed by atoms with Gasteiger partial charge in [-0.25, -0.2) is 9.98 Å². The van der Waals surface area contributed by atoms with E-state index in [4.69, 9.17) is 19.5 Å². The van der Waals surface area contributed by atoms with Crippen molar-refractivity contribution in [3.8, 4) is 0 Å². The third-order valence-electron chi connectivity index (χ3n) is 4.80. The number of hydrogen-bond donors (Lipinski definition) is 3. The van der Waals surface area contributed by atoms with E-state index >= 15 is 0 Å². The molecular formula is C19H22N6O2S. The molecule has 3 aromatic rings. The Balaban J connectivity index is 1.44. The number of nitrogens with one attached hydrogen (secondary N) is 1. The maximum absolute atomic E-state index is 6.12. The van der Waals surface area contributed by atoms with Gasteiger partial charge in [0.05, 0.1) is 18.8 Å². The number of hydrogen-bond acceptors (Lipinski definition) is 8. The average molecular weight is 398 g/mol. The van der Waals surface area contributed by atoms with E-state index in [1.165, 1.54) is 0 Å². The van der Waals surface area contributed by atoms with Crippen molar-refractivity contribution >= 4 is 40.8 Å². The quantitative estimate of drug-likeness (QED) is 0.239. The topological polar surface area (TPSA) is 125 Å². The molecule has 0 amide bonds. The van der Waals surface area contributed by atoms with Crippen LogP contribution in [-0.4, -0.2) is 28.5 Å². The first-order chi connectivity index (χ1) is 13.7. The van der Waals surface area contributed by atoms with E-state index in [1.807, 2.05) is 30.3 Å². The van der Waals surface area contributed by atoms with Crippen LogP contribution in [0, 0.1) is 5.92 Å². The van der Waals surface area contributed by atoms with E-state index < -0.39 is 0 Å². The zero-order valence-electron chi connectivity index (χ0n) is 15.2. The molecule has 28 heavy (non-hydrogen) atoms. The van der Waals surface area contributed by atoms with Gasteiger partial charge < -0.3 is 19.7 Å². The summed E-state index contributed by atoms with van der Waals surface area (Å²) in [6.45, 7) is 0.665. The predicted octanol–water partition coefficient (Wildman–Crippen LogP) is 3.38. The molecule has 0 spiro atoms. The predicted molar refractivity (Wildman–Crippen MR) is 111 cm³/mol. The number of amidine groups is 1. The number of benzene rings is 1. The molecule has 4 rings (SSSR count). The van der Waals surface area contributed by atoms with E-state index in [-0.39, 0.29) is 5.84 Å². The van der Waals surface area contributed by atoms with Crippen molar-refractivity contribution < 1.29 is 8.60 Å². The average Bonchev–Trinajstić information content (AvgIpc) is 3.33. The van der Waals surface area contributed by atoms with Gasteiger partial charge in [-0.05, 0) is 37.3 Å². The maximum atomic E-state index is 6.12. The third-order valence-corrected chi connectivity index (χ3v) is 5.07. The van der Waals surface area contributed by atoms with Crippen LogP contribution in [0.2, 0.25) is 0 Å². The molecule has 2 heterocycles. The Morgan fingerprint density at radius 3 is 3.07 bits per heavy atom. The second-order valence-corrected chi connectivity index (χ2v) is 7.21. The van der Waals surface area contributed by atoms with Crippen LogP contribution < -0.4 is 16.2 Å². The highest BCUT2D eigenvalue weighted by Gasteiger charge is 2.25. The number of fused-ring (bicyclic) bond motifs is 1. The maximum Gasteiger partial charge on any atom is 0.224 e. The number of para-hydroxylation sites is 1. The van der Waals surface area contributed by atoms with Crippen molar-refractivity contribution in [2.45, 2.75) is 25.3 Å². The van der Waals surface area contributed by atoms with Gasteiger partial charge in [-0.15, -0.1) is 0 Å². The molecular weight excluding hydrogens is 376 g/mol. The SMILES string of the molecule is NSOCC1CCC(Nc2nccc(N=C(N)c3cc4ccccc4o3)n2)C1. The highest BCUT2D eigenvalue weighted by Crippen LogP contribution is 2.28. The summed E-state index contributed by atoms with van der Waals surface area (Å²) in [5.74, 6) is 2.31. The summed E-state index contributed by atoms with van der Waals surface area (Å²) in [5.41, 5.74) is 6.89. The van der Waals surface area contributed by atoms with Gasteiger partial charge in [0.15, 0.2) is 17.4 Å². The number of anilines is 1. The first-order valence-electron chi connectivity index (χ1n) is 9.12. The van der Waals surface area contributed by atoms with Gasteiger partial charge in [0.25, 0.3) is 0 Å². The fourth-order valence-corrected chi connectivity index (χ4v) is 3.71. The van der Waals surface area contributed by atoms with E-state index in [0.717, 1.165) is 42.5 Å². The summed E-state index contributed by atoms with van der Waals surface area (Å²) < 4.78 is 11.0. The first-order valence-corrected chi connectivity index (χ1v) is 9.93. The molecule has 1 aliphatic carbocycles. The summed E-state index contributed by atoms with van der Waals surface area (Å²) >= 11 is 0.921. The van der Waals surface area contributed by atoms with Crippen molar-refractivity contribution in [2.24, 2.45) is 21.8 Å². The van der Waals surface area contributed by atoms with Gasteiger partial charge in [-0.1, -0.05) is 18.2 Å². The van der Waals surface area contributed by atoms with E-state index in [1.54, 1.807) is 12.3 Å². The van der Waals surface area contributed by atoms with E-state index in [2.05, 4.69) is 20.3 Å². The second-order valence-electron chi connectivity index (χ2n) is 6.79. The molecule has 5 N–H and O–H groups in total. The molecule has 2 aromatic heterocycles. The minimum Gasteiger partial charge on any atom is -0.453 e. The van der Waals surface area contributed by atoms with Gasteiger partial charge in [-0.2, -0.15) is 4.98 Å². The molecule has 1 aliphatic rings. The number of nitrogens with zero attached hydrogens (tertiary/aromatic N) is 3. The summed E-state index contributed by atoms with van der Waals surface area (Å²) in [6.07, 6.45) is 4.80.